The van der Waals surface area contributed by atoms with Gasteiger partial charge in [0.1, 0.15) is 6.04 Å². The van der Waals surface area contributed by atoms with E-state index in [1.165, 1.54) is 34.1 Å². The number of hydrogen-bond acceptors (Lipinski definition) is 4. The van der Waals surface area contributed by atoms with Crippen LogP contribution in [0.5, 0.6) is 0 Å². The summed E-state index contributed by atoms with van der Waals surface area (Å²) in [6.07, 6.45) is 3.68. The van der Waals surface area contributed by atoms with Crippen molar-refractivity contribution >= 4 is 33.4 Å². The van der Waals surface area contributed by atoms with E-state index in [-0.39, 0.29) is 23.3 Å². The number of rotatable bonds is 10. The summed E-state index contributed by atoms with van der Waals surface area (Å²) in [5.74, 6) is -0.482. The SMILES string of the molecule is O=C(NCCCc1ccccc1)c1ccc(CN([C@@H]2CCCCNC2=O)S(=O)(=O)c2ccc(Cl)cc2)cc1. The Bertz CT molecular complexity index is 1330. The van der Waals surface area contributed by atoms with E-state index >= 15 is 0 Å². The maximum absolute atomic E-state index is 13.7. The smallest absolute Gasteiger partial charge is 0.251 e. The van der Waals surface area contributed by atoms with Crippen LogP contribution in [0.25, 0.3) is 0 Å². The van der Waals surface area contributed by atoms with E-state index in [1.807, 2.05) is 18.2 Å². The van der Waals surface area contributed by atoms with Crippen LogP contribution in [0.1, 0.15) is 47.2 Å². The van der Waals surface area contributed by atoms with Crippen LogP contribution in [0, 0.1) is 0 Å². The number of carbonyl (C=O) groups excluding carboxylic acids is 2. The molecule has 1 atom stereocenters. The van der Waals surface area contributed by atoms with Crippen molar-refractivity contribution in [1.82, 2.24) is 14.9 Å². The lowest BCUT2D eigenvalue weighted by Gasteiger charge is -2.29. The average Bonchev–Trinajstić information content (AvgIpc) is 3.14. The van der Waals surface area contributed by atoms with Crippen LogP contribution in [0.2, 0.25) is 5.02 Å². The molecule has 4 rings (SSSR count). The second kappa shape index (κ2) is 13.0. The van der Waals surface area contributed by atoms with Gasteiger partial charge in [-0.1, -0.05) is 54.1 Å². The molecule has 2 amide bonds. The van der Waals surface area contributed by atoms with Crippen molar-refractivity contribution in [2.45, 2.75) is 49.6 Å². The van der Waals surface area contributed by atoms with Crippen LogP contribution in [0.15, 0.2) is 83.8 Å². The number of amides is 2. The summed E-state index contributed by atoms with van der Waals surface area (Å²) in [7, 11) is -3.99. The Hall–Kier alpha value is -3.20. The van der Waals surface area contributed by atoms with Gasteiger partial charge >= 0.3 is 0 Å². The van der Waals surface area contributed by atoms with E-state index < -0.39 is 16.1 Å². The van der Waals surface area contributed by atoms with Gasteiger partial charge in [0.2, 0.25) is 15.9 Å². The number of halogens is 1. The first-order valence-corrected chi connectivity index (χ1v) is 14.6. The maximum Gasteiger partial charge on any atom is 0.251 e. The molecule has 0 aliphatic carbocycles. The molecule has 38 heavy (non-hydrogen) atoms. The summed E-state index contributed by atoms with van der Waals surface area (Å²) >= 11 is 5.97. The Morgan fingerprint density at radius 1 is 0.947 bits per heavy atom. The van der Waals surface area contributed by atoms with Gasteiger partial charge in [0, 0.05) is 30.2 Å². The van der Waals surface area contributed by atoms with Crippen molar-refractivity contribution in [3.63, 3.8) is 0 Å². The second-order valence-electron chi connectivity index (χ2n) is 9.35. The lowest BCUT2D eigenvalue weighted by atomic mass is 10.1. The molecule has 1 aliphatic heterocycles. The summed E-state index contributed by atoms with van der Waals surface area (Å²) in [5, 5.41) is 6.20. The summed E-state index contributed by atoms with van der Waals surface area (Å²) < 4.78 is 28.6. The monoisotopic (exact) mass is 553 g/mol. The van der Waals surface area contributed by atoms with E-state index in [4.69, 9.17) is 11.6 Å². The highest BCUT2D eigenvalue weighted by Crippen LogP contribution is 2.26. The van der Waals surface area contributed by atoms with Gasteiger partial charge in [0.25, 0.3) is 5.91 Å². The van der Waals surface area contributed by atoms with Crippen molar-refractivity contribution in [3.05, 3.63) is 101 Å². The van der Waals surface area contributed by atoms with E-state index in [0.717, 1.165) is 25.7 Å². The Morgan fingerprint density at radius 2 is 1.66 bits per heavy atom. The highest BCUT2D eigenvalue weighted by Gasteiger charge is 2.36. The third-order valence-electron chi connectivity index (χ3n) is 6.60. The molecule has 0 spiro atoms. The quantitative estimate of drug-likeness (QED) is 0.360. The number of carbonyl (C=O) groups is 2. The van der Waals surface area contributed by atoms with Gasteiger partial charge in [-0.25, -0.2) is 8.42 Å². The summed E-state index contributed by atoms with van der Waals surface area (Å²) in [6.45, 7) is 1.08. The Balaban J connectivity index is 1.45. The zero-order valence-electron chi connectivity index (χ0n) is 21.1. The Labute approximate surface area is 229 Å². The molecule has 7 nitrogen and oxygen atoms in total. The van der Waals surface area contributed by atoms with Crippen molar-refractivity contribution < 1.29 is 18.0 Å². The summed E-state index contributed by atoms with van der Waals surface area (Å²) in [5.41, 5.74) is 2.40. The van der Waals surface area contributed by atoms with Gasteiger partial charge in [-0.15, -0.1) is 0 Å². The molecule has 3 aromatic carbocycles. The van der Waals surface area contributed by atoms with Crippen LogP contribution >= 0.6 is 11.6 Å². The lowest BCUT2D eigenvalue weighted by Crippen LogP contribution is -2.48. The van der Waals surface area contributed by atoms with Gasteiger partial charge in [0.15, 0.2) is 0 Å². The normalized spacial score (nSPS) is 16.1. The molecular formula is C29H32ClN3O4S. The first kappa shape index (κ1) is 27.8. The van der Waals surface area contributed by atoms with Crippen molar-refractivity contribution in [1.29, 1.82) is 0 Å². The average molecular weight is 554 g/mol. The molecule has 3 aromatic rings. The van der Waals surface area contributed by atoms with Gasteiger partial charge in [-0.2, -0.15) is 4.31 Å². The molecule has 1 heterocycles. The fourth-order valence-corrected chi connectivity index (χ4v) is 6.22. The zero-order chi connectivity index (χ0) is 27.0. The van der Waals surface area contributed by atoms with Gasteiger partial charge in [-0.05, 0) is 79.6 Å². The van der Waals surface area contributed by atoms with E-state index in [9.17, 15) is 18.0 Å². The van der Waals surface area contributed by atoms with Crippen molar-refractivity contribution in [3.8, 4) is 0 Å². The van der Waals surface area contributed by atoms with Gasteiger partial charge in [0.05, 0.1) is 4.90 Å². The lowest BCUT2D eigenvalue weighted by molar-refractivity contribution is -0.124. The molecule has 0 saturated carbocycles. The molecule has 0 aromatic heterocycles. The van der Waals surface area contributed by atoms with Crippen LogP contribution in [0.3, 0.4) is 0 Å². The van der Waals surface area contributed by atoms with E-state index in [2.05, 4.69) is 22.8 Å². The largest absolute Gasteiger partial charge is 0.355 e. The minimum Gasteiger partial charge on any atom is -0.355 e. The third-order valence-corrected chi connectivity index (χ3v) is 8.72. The third kappa shape index (κ3) is 7.22. The first-order valence-electron chi connectivity index (χ1n) is 12.8. The molecule has 200 valence electrons. The van der Waals surface area contributed by atoms with E-state index in [1.54, 1.807) is 24.3 Å². The molecule has 0 bridgehead atoms. The maximum atomic E-state index is 13.7. The van der Waals surface area contributed by atoms with E-state index in [0.29, 0.717) is 35.7 Å². The highest BCUT2D eigenvalue weighted by atomic mass is 35.5. The molecule has 2 N–H and O–H groups in total. The van der Waals surface area contributed by atoms with Crippen molar-refractivity contribution in [2.24, 2.45) is 0 Å². The van der Waals surface area contributed by atoms with Crippen molar-refractivity contribution in [2.75, 3.05) is 13.1 Å². The summed E-state index contributed by atoms with van der Waals surface area (Å²) in [6, 6.07) is 22.1. The van der Waals surface area contributed by atoms with Gasteiger partial charge in [-0.3, -0.25) is 9.59 Å². The number of sulfonamides is 1. The molecule has 0 radical (unpaired) electrons. The number of benzene rings is 3. The van der Waals surface area contributed by atoms with Crippen LogP contribution < -0.4 is 10.6 Å². The first-order chi connectivity index (χ1) is 18.3. The molecule has 0 unspecified atom stereocenters. The number of nitrogens with zero attached hydrogens (tertiary/aromatic N) is 1. The molecule has 1 aliphatic rings. The number of hydrogen-bond donors (Lipinski definition) is 2. The molecule has 1 saturated heterocycles. The fourth-order valence-electron chi connectivity index (χ4n) is 4.49. The molecule has 1 fully saturated rings. The zero-order valence-corrected chi connectivity index (χ0v) is 22.7. The highest BCUT2D eigenvalue weighted by molar-refractivity contribution is 7.89. The van der Waals surface area contributed by atoms with Crippen LogP contribution in [-0.4, -0.2) is 43.7 Å². The minimum atomic E-state index is -3.99. The van der Waals surface area contributed by atoms with Crippen LogP contribution in [0.4, 0.5) is 0 Å². The fraction of sp³-hybridized carbons (Fsp3) is 0.310. The summed E-state index contributed by atoms with van der Waals surface area (Å²) in [4.78, 5) is 25.5. The predicted octanol–water partition coefficient (Wildman–Crippen LogP) is 4.56. The van der Waals surface area contributed by atoms with Crippen LogP contribution in [-0.2, 0) is 27.8 Å². The minimum absolute atomic E-state index is 0.00201. The topological polar surface area (TPSA) is 95.6 Å². The second-order valence-corrected chi connectivity index (χ2v) is 11.7. The standard InChI is InChI=1S/C29H32ClN3O4S/c30-25-15-17-26(18-16-25)38(36,37)33(27-10-4-5-19-32-29(27)35)21-23-11-13-24(14-12-23)28(34)31-20-6-9-22-7-2-1-3-8-22/h1-3,7-8,11-18,27H,4-6,9-10,19-21H2,(H,31,34)(H,32,35)/t27-/m1/s1. The Morgan fingerprint density at radius 3 is 2.37 bits per heavy atom. The molecule has 9 heteroatoms. The van der Waals surface area contributed by atoms with Gasteiger partial charge < -0.3 is 10.6 Å². The number of nitrogens with one attached hydrogen (secondary N) is 2. The Kier molecular flexibility index (Phi) is 9.55. The number of aryl methyl sites for hydroxylation is 1. The predicted molar refractivity (Wildman–Crippen MR) is 148 cm³/mol. The molecular weight excluding hydrogens is 522 g/mol.